The molecule has 0 saturated carbocycles. The number of ether oxygens (including phenoxy) is 1. The van der Waals surface area contributed by atoms with Crippen molar-refractivity contribution in [3.05, 3.63) is 0 Å². The Bertz CT molecular complexity index is 281. The van der Waals surface area contributed by atoms with Crippen LogP contribution in [-0.4, -0.2) is 42.9 Å². The molecule has 2 N–H and O–H groups in total. The Kier molecular flexibility index (Phi) is 7.33. The summed E-state index contributed by atoms with van der Waals surface area (Å²) in [5.74, 6) is -2.19. The fourth-order valence-electron chi connectivity index (χ4n) is 1.21. The van der Waals surface area contributed by atoms with Gasteiger partial charge in [-0.3, -0.25) is 4.79 Å². The second-order valence-electron chi connectivity index (χ2n) is 3.71. The Morgan fingerprint density at radius 2 is 2.00 bits per heavy atom. The molecule has 1 amide bonds. The Balaban J connectivity index is 4.08. The second-order valence-corrected chi connectivity index (χ2v) is 3.71. The monoisotopic (exact) mass is 271 g/mol. The number of amides is 1. The number of hydrogen-bond donors (Lipinski definition) is 2. The molecule has 0 aromatic rings. The normalized spacial score (nSPS) is 13.1. The fourth-order valence-corrected chi connectivity index (χ4v) is 1.21. The SMILES string of the molecule is COCCCC(NC(=O)CCC(F)(F)F)C(=O)O. The Labute approximate surface area is 102 Å². The van der Waals surface area contributed by atoms with Gasteiger partial charge in [0.2, 0.25) is 5.91 Å². The number of halogens is 3. The van der Waals surface area contributed by atoms with Crippen LogP contribution in [0.2, 0.25) is 0 Å². The van der Waals surface area contributed by atoms with E-state index >= 15 is 0 Å². The zero-order valence-corrected chi connectivity index (χ0v) is 9.92. The molecule has 0 spiro atoms. The molecule has 0 aliphatic rings. The van der Waals surface area contributed by atoms with Crippen LogP contribution in [0.4, 0.5) is 13.2 Å². The predicted molar refractivity (Wildman–Crippen MR) is 56.0 cm³/mol. The van der Waals surface area contributed by atoms with Crippen LogP contribution in [-0.2, 0) is 14.3 Å². The van der Waals surface area contributed by atoms with Gasteiger partial charge in [0.05, 0.1) is 6.42 Å². The van der Waals surface area contributed by atoms with Gasteiger partial charge in [0.15, 0.2) is 0 Å². The van der Waals surface area contributed by atoms with E-state index in [2.05, 4.69) is 5.32 Å². The molecule has 0 bridgehead atoms. The van der Waals surface area contributed by atoms with E-state index in [1.807, 2.05) is 0 Å². The summed E-state index contributed by atoms with van der Waals surface area (Å²) in [6, 6.07) is -1.18. The number of hydrogen-bond acceptors (Lipinski definition) is 3. The summed E-state index contributed by atoms with van der Waals surface area (Å²) in [6.45, 7) is 0.322. The first-order chi connectivity index (χ1) is 8.26. The lowest BCUT2D eigenvalue weighted by Crippen LogP contribution is -2.41. The lowest BCUT2D eigenvalue weighted by molar-refractivity contribution is -0.147. The Morgan fingerprint density at radius 3 is 2.44 bits per heavy atom. The van der Waals surface area contributed by atoms with E-state index in [9.17, 15) is 22.8 Å². The summed E-state index contributed by atoms with van der Waals surface area (Å²) in [5, 5.41) is 10.8. The zero-order valence-electron chi connectivity index (χ0n) is 9.92. The maximum absolute atomic E-state index is 11.8. The van der Waals surface area contributed by atoms with Crippen molar-refractivity contribution in [2.24, 2.45) is 0 Å². The van der Waals surface area contributed by atoms with Gasteiger partial charge in [0.1, 0.15) is 6.04 Å². The van der Waals surface area contributed by atoms with E-state index in [1.54, 1.807) is 0 Å². The summed E-state index contributed by atoms with van der Waals surface area (Å²) in [6.07, 6.45) is -5.94. The number of carbonyl (C=O) groups is 2. The number of nitrogens with one attached hydrogen (secondary N) is 1. The lowest BCUT2D eigenvalue weighted by atomic mass is 10.1. The third kappa shape index (κ3) is 8.80. The predicted octanol–water partition coefficient (Wildman–Crippen LogP) is 1.32. The van der Waals surface area contributed by atoms with Gasteiger partial charge in [0.25, 0.3) is 0 Å². The Hall–Kier alpha value is -1.31. The van der Waals surface area contributed by atoms with Gasteiger partial charge in [-0.25, -0.2) is 4.79 Å². The van der Waals surface area contributed by atoms with Gasteiger partial charge in [-0.1, -0.05) is 0 Å². The third-order valence-corrected chi connectivity index (χ3v) is 2.11. The zero-order chi connectivity index (χ0) is 14.2. The molecule has 0 radical (unpaired) electrons. The molecule has 0 fully saturated rings. The van der Waals surface area contributed by atoms with E-state index in [0.717, 1.165) is 0 Å². The average Bonchev–Trinajstić information content (AvgIpc) is 2.24. The number of carboxylic acids is 1. The van der Waals surface area contributed by atoms with Crippen molar-refractivity contribution in [1.29, 1.82) is 0 Å². The highest BCUT2D eigenvalue weighted by molar-refractivity contribution is 5.83. The maximum Gasteiger partial charge on any atom is 0.389 e. The average molecular weight is 271 g/mol. The van der Waals surface area contributed by atoms with Crippen LogP contribution < -0.4 is 5.32 Å². The van der Waals surface area contributed by atoms with Crippen LogP contribution in [0, 0.1) is 0 Å². The van der Waals surface area contributed by atoms with Crippen molar-refractivity contribution in [3.8, 4) is 0 Å². The van der Waals surface area contributed by atoms with Crippen molar-refractivity contribution in [1.82, 2.24) is 5.32 Å². The minimum Gasteiger partial charge on any atom is -0.480 e. The topological polar surface area (TPSA) is 75.6 Å². The number of carbonyl (C=O) groups excluding carboxylic acids is 1. The molecule has 5 nitrogen and oxygen atoms in total. The summed E-state index contributed by atoms with van der Waals surface area (Å²) in [7, 11) is 1.44. The largest absolute Gasteiger partial charge is 0.480 e. The first-order valence-corrected chi connectivity index (χ1v) is 5.34. The minimum absolute atomic E-state index is 0.112. The van der Waals surface area contributed by atoms with Crippen LogP contribution in [0.3, 0.4) is 0 Å². The molecule has 18 heavy (non-hydrogen) atoms. The smallest absolute Gasteiger partial charge is 0.389 e. The highest BCUT2D eigenvalue weighted by Crippen LogP contribution is 2.21. The minimum atomic E-state index is -4.42. The molecule has 1 atom stereocenters. The first-order valence-electron chi connectivity index (χ1n) is 5.34. The highest BCUT2D eigenvalue weighted by atomic mass is 19.4. The van der Waals surface area contributed by atoms with Crippen molar-refractivity contribution >= 4 is 11.9 Å². The van der Waals surface area contributed by atoms with Gasteiger partial charge in [-0.15, -0.1) is 0 Å². The molecule has 0 saturated heterocycles. The van der Waals surface area contributed by atoms with Gasteiger partial charge < -0.3 is 15.2 Å². The molecule has 106 valence electrons. The van der Waals surface area contributed by atoms with Gasteiger partial charge in [0, 0.05) is 20.1 Å². The first kappa shape index (κ1) is 16.7. The fraction of sp³-hybridized carbons (Fsp3) is 0.800. The molecular weight excluding hydrogens is 255 g/mol. The molecule has 0 aliphatic heterocycles. The molecule has 0 heterocycles. The molecule has 0 aliphatic carbocycles. The van der Waals surface area contributed by atoms with Gasteiger partial charge >= 0.3 is 12.1 Å². The summed E-state index contributed by atoms with van der Waals surface area (Å²) >= 11 is 0. The number of alkyl halides is 3. The van der Waals surface area contributed by atoms with E-state index in [4.69, 9.17) is 9.84 Å². The lowest BCUT2D eigenvalue weighted by Gasteiger charge is -2.14. The van der Waals surface area contributed by atoms with Crippen LogP contribution in [0.1, 0.15) is 25.7 Å². The van der Waals surface area contributed by atoms with Crippen molar-refractivity contribution in [3.63, 3.8) is 0 Å². The summed E-state index contributed by atoms with van der Waals surface area (Å²) in [4.78, 5) is 21.9. The number of aliphatic carboxylic acids is 1. The number of methoxy groups -OCH3 is 1. The molecule has 8 heteroatoms. The molecule has 0 rings (SSSR count). The van der Waals surface area contributed by atoms with Gasteiger partial charge in [-0.2, -0.15) is 13.2 Å². The highest BCUT2D eigenvalue weighted by Gasteiger charge is 2.29. The van der Waals surface area contributed by atoms with Crippen LogP contribution >= 0.6 is 0 Å². The summed E-state index contributed by atoms with van der Waals surface area (Å²) in [5.41, 5.74) is 0. The summed E-state index contributed by atoms with van der Waals surface area (Å²) < 4.78 is 40.3. The van der Waals surface area contributed by atoms with Crippen LogP contribution in [0.5, 0.6) is 0 Å². The van der Waals surface area contributed by atoms with E-state index in [-0.39, 0.29) is 6.42 Å². The van der Waals surface area contributed by atoms with Crippen molar-refractivity contribution < 1.29 is 32.6 Å². The van der Waals surface area contributed by atoms with Crippen molar-refractivity contribution in [2.75, 3.05) is 13.7 Å². The molecule has 1 unspecified atom stereocenters. The van der Waals surface area contributed by atoms with Crippen LogP contribution in [0.15, 0.2) is 0 Å². The second kappa shape index (κ2) is 7.91. The van der Waals surface area contributed by atoms with Gasteiger partial charge in [-0.05, 0) is 12.8 Å². The Morgan fingerprint density at radius 1 is 1.39 bits per heavy atom. The quantitative estimate of drug-likeness (QED) is 0.653. The van der Waals surface area contributed by atoms with E-state index in [0.29, 0.717) is 13.0 Å². The number of rotatable bonds is 8. The molecular formula is C10H16F3NO4. The third-order valence-electron chi connectivity index (χ3n) is 2.11. The number of carboxylic acid groups (broad SMARTS) is 1. The van der Waals surface area contributed by atoms with Crippen LogP contribution in [0.25, 0.3) is 0 Å². The standard InChI is InChI=1S/C10H16F3NO4/c1-18-6-2-3-7(9(16)17)14-8(15)4-5-10(11,12)13/h7H,2-6H2,1H3,(H,14,15)(H,16,17). The van der Waals surface area contributed by atoms with E-state index in [1.165, 1.54) is 7.11 Å². The molecule has 0 aromatic carbocycles. The van der Waals surface area contributed by atoms with E-state index < -0.39 is 36.9 Å². The maximum atomic E-state index is 11.8. The molecule has 0 aromatic heterocycles. The van der Waals surface area contributed by atoms with Crippen molar-refractivity contribution in [2.45, 2.75) is 37.9 Å².